The molecule has 0 saturated carbocycles. The van der Waals surface area contributed by atoms with Gasteiger partial charge in [-0.3, -0.25) is 4.79 Å². The van der Waals surface area contributed by atoms with Gasteiger partial charge in [0, 0.05) is 19.5 Å². The molecule has 2 aliphatic rings. The van der Waals surface area contributed by atoms with Crippen LogP contribution in [-0.2, 0) is 0 Å². The van der Waals surface area contributed by atoms with Crippen molar-refractivity contribution in [1.29, 1.82) is 0 Å². The lowest BCUT2D eigenvalue weighted by molar-refractivity contribution is -0.173. The Morgan fingerprint density at radius 1 is 1.11 bits per heavy atom. The number of hydrogen-bond donors (Lipinski definition) is 1. The molecular weight excluding hydrogens is 376 g/mol. The first kappa shape index (κ1) is 18.8. The number of carbonyl (C=O) groups is 1. The maximum absolute atomic E-state index is 13.7. The van der Waals surface area contributed by atoms with Gasteiger partial charge in [0.25, 0.3) is 5.91 Å². The fourth-order valence-electron chi connectivity index (χ4n) is 3.90. The summed E-state index contributed by atoms with van der Waals surface area (Å²) in [6, 6.07) is 2.78. The topological polar surface area (TPSA) is 50.2 Å². The molecule has 2 aliphatic heterocycles. The number of anilines is 1. The zero-order valence-corrected chi connectivity index (χ0v) is 15.0. The minimum Gasteiger partial charge on any atom is -0.363 e. The summed E-state index contributed by atoms with van der Waals surface area (Å²) in [7, 11) is 0. The van der Waals surface area contributed by atoms with E-state index < -0.39 is 24.1 Å². The summed E-state index contributed by atoms with van der Waals surface area (Å²) in [5, 5.41) is 6.92. The van der Waals surface area contributed by atoms with Crippen molar-refractivity contribution in [2.45, 2.75) is 43.9 Å². The maximum atomic E-state index is 13.7. The van der Waals surface area contributed by atoms with Crippen LogP contribution in [0.1, 0.15) is 53.7 Å². The summed E-state index contributed by atoms with van der Waals surface area (Å²) in [6.45, 7) is 1.18. The summed E-state index contributed by atoms with van der Waals surface area (Å²) >= 11 is 0. The van der Waals surface area contributed by atoms with Crippen molar-refractivity contribution in [3.63, 3.8) is 0 Å². The van der Waals surface area contributed by atoms with Gasteiger partial charge in [0.15, 0.2) is 6.04 Å². The average molecular weight is 396 g/mol. The number of likely N-dealkylation sites (tertiary alicyclic amines) is 1. The monoisotopic (exact) mass is 396 g/mol. The van der Waals surface area contributed by atoms with Crippen LogP contribution in [0.15, 0.2) is 30.5 Å². The van der Waals surface area contributed by atoms with E-state index in [2.05, 4.69) is 10.4 Å². The van der Waals surface area contributed by atoms with E-state index in [0.29, 0.717) is 18.7 Å². The molecule has 1 saturated heterocycles. The molecule has 3 heterocycles. The number of piperidine rings is 1. The molecule has 0 bridgehead atoms. The van der Waals surface area contributed by atoms with E-state index in [4.69, 9.17) is 0 Å². The second kappa shape index (κ2) is 7.10. The third kappa shape index (κ3) is 3.45. The van der Waals surface area contributed by atoms with E-state index in [9.17, 15) is 22.4 Å². The molecule has 1 N–H and O–H groups in total. The molecular formula is C19H20F4N4O. The van der Waals surface area contributed by atoms with E-state index in [0.717, 1.165) is 23.9 Å². The normalized spacial score (nSPS) is 22.5. The van der Waals surface area contributed by atoms with Crippen LogP contribution in [0.4, 0.5) is 23.4 Å². The molecule has 9 heteroatoms. The Bertz CT molecular complexity index is 856. The van der Waals surface area contributed by atoms with Gasteiger partial charge >= 0.3 is 6.18 Å². The summed E-state index contributed by atoms with van der Waals surface area (Å²) < 4.78 is 55.2. The van der Waals surface area contributed by atoms with E-state index in [-0.39, 0.29) is 23.7 Å². The van der Waals surface area contributed by atoms with Gasteiger partial charge in [-0.2, -0.15) is 18.3 Å². The molecule has 0 aliphatic carbocycles. The highest BCUT2D eigenvalue weighted by atomic mass is 19.4. The van der Waals surface area contributed by atoms with Crippen LogP contribution in [0.5, 0.6) is 0 Å². The van der Waals surface area contributed by atoms with Crippen LogP contribution in [0.2, 0.25) is 0 Å². The minimum atomic E-state index is -4.52. The highest BCUT2D eigenvalue weighted by Crippen LogP contribution is 2.44. The van der Waals surface area contributed by atoms with Gasteiger partial charge < -0.3 is 10.2 Å². The Hall–Kier alpha value is -2.58. The summed E-state index contributed by atoms with van der Waals surface area (Å²) in [5.74, 6) is -0.703. The quantitative estimate of drug-likeness (QED) is 0.770. The van der Waals surface area contributed by atoms with Crippen molar-refractivity contribution in [2.75, 3.05) is 18.4 Å². The number of rotatable bonds is 2. The molecule has 1 aromatic heterocycles. The molecule has 1 aromatic carbocycles. The third-order valence-corrected chi connectivity index (χ3v) is 5.38. The smallest absolute Gasteiger partial charge is 0.363 e. The third-order valence-electron chi connectivity index (χ3n) is 5.38. The lowest BCUT2D eigenvalue weighted by Crippen LogP contribution is -2.38. The fourth-order valence-corrected chi connectivity index (χ4v) is 3.90. The van der Waals surface area contributed by atoms with Crippen LogP contribution < -0.4 is 5.32 Å². The van der Waals surface area contributed by atoms with Crippen molar-refractivity contribution in [1.82, 2.24) is 14.7 Å². The zero-order valence-electron chi connectivity index (χ0n) is 15.0. The van der Waals surface area contributed by atoms with E-state index >= 15 is 0 Å². The lowest BCUT2D eigenvalue weighted by atomic mass is 9.96. The molecule has 2 atom stereocenters. The number of benzene rings is 1. The van der Waals surface area contributed by atoms with Crippen molar-refractivity contribution in [2.24, 2.45) is 0 Å². The molecule has 150 valence electrons. The first-order valence-electron chi connectivity index (χ1n) is 9.30. The fraction of sp³-hybridized carbons (Fsp3) is 0.474. The molecule has 28 heavy (non-hydrogen) atoms. The first-order chi connectivity index (χ1) is 13.3. The Morgan fingerprint density at radius 2 is 1.79 bits per heavy atom. The van der Waals surface area contributed by atoms with Crippen LogP contribution >= 0.6 is 0 Å². The molecule has 0 radical (unpaired) electrons. The van der Waals surface area contributed by atoms with Gasteiger partial charge in [0.2, 0.25) is 0 Å². The molecule has 1 amide bonds. The van der Waals surface area contributed by atoms with Crippen molar-refractivity contribution in [3.8, 4) is 0 Å². The highest BCUT2D eigenvalue weighted by Gasteiger charge is 2.47. The molecule has 5 nitrogen and oxygen atoms in total. The number of nitrogens with zero attached hydrogens (tertiary/aromatic N) is 3. The molecule has 1 fully saturated rings. The Morgan fingerprint density at radius 3 is 2.43 bits per heavy atom. The first-order valence-corrected chi connectivity index (χ1v) is 9.30. The van der Waals surface area contributed by atoms with Gasteiger partial charge in [0.05, 0.1) is 12.2 Å². The van der Waals surface area contributed by atoms with Crippen LogP contribution in [0.3, 0.4) is 0 Å². The van der Waals surface area contributed by atoms with Crippen LogP contribution in [0, 0.1) is 5.82 Å². The van der Waals surface area contributed by atoms with E-state index in [1.54, 1.807) is 4.90 Å². The average Bonchev–Trinajstić information content (AvgIpc) is 3.11. The zero-order chi connectivity index (χ0) is 19.9. The van der Waals surface area contributed by atoms with E-state index in [1.807, 2.05) is 0 Å². The van der Waals surface area contributed by atoms with Crippen LogP contribution in [0.25, 0.3) is 0 Å². The summed E-state index contributed by atoms with van der Waals surface area (Å²) in [4.78, 5) is 14.5. The van der Waals surface area contributed by atoms with Gasteiger partial charge in [-0.25, -0.2) is 9.07 Å². The number of hydrogen-bond acceptors (Lipinski definition) is 3. The number of amides is 1. The maximum Gasteiger partial charge on any atom is 0.410 e. The predicted molar refractivity (Wildman–Crippen MR) is 94.5 cm³/mol. The Labute approximate surface area is 159 Å². The summed E-state index contributed by atoms with van der Waals surface area (Å²) in [6.07, 6.45) is -0.798. The number of nitrogens with one attached hydrogen (secondary N) is 1. The van der Waals surface area contributed by atoms with Crippen molar-refractivity contribution < 1.29 is 22.4 Å². The second-order valence-electron chi connectivity index (χ2n) is 7.25. The van der Waals surface area contributed by atoms with Gasteiger partial charge in [-0.15, -0.1) is 0 Å². The minimum absolute atomic E-state index is 0.0680. The highest BCUT2D eigenvalue weighted by molar-refractivity contribution is 5.99. The van der Waals surface area contributed by atoms with Gasteiger partial charge in [-0.05, 0) is 37.0 Å². The lowest BCUT2D eigenvalue weighted by Gasteiger charge is -2.34. The van der Waals surface area contributed by atoms with Gasteiger partial charge in [-0.1, -0.05) is 12.1 Å². The predicted octanol–water partition coefficient (Wildman–Crippen LogP) is 4.31. The van der Waals surface area contributed by atoms with Gasteiger partial charge in [0.1, 0.15) is 17.2 Å². The molecule has 0 spiro atoms. The number of carbonyl (C=O) groups excluding carboxylic acids is 1. The Balaban J connectivity index is 1.70. The van der Waals surface area contributed by atoms with Crippen molar-refractivity contribution in [3.05, 3.63) is 47.4 Å². The second-order valence-corrected chi connectivity index (χ2v) is 7.25. The van der Waals surface area contributed by atoms with Crippen molar-refractivity contribution >= 4 is 11.7 Å². The molecule has 2 aromatic rings. The largest absolute Gasteiger partial charge is 0.410 e. The SMILES string of the molecule is O=C(c1cnn2c1NC(c1ccc(F)cc1)CC2C(F)(F)F)N1CCCCC1. The number of halogens is 4. The van der Waals surface area contributed by atoms with E-state index in [1.165, 1.54) is 30.5 Å². The number of fused-ring (bicyclic) bond motifs is 1. The number of alkyl halides is 3. The Kier molecular flexibility index (Phi) is 4.76. The van der Waals surface area contributed by atoms with Crippen LogP contribution in [-0.4, -0.2) is 39.9 Å². The number of aromatic nitrogens is 2. The standard InChI is InChI=1S/C19H20F4N4O/c20-13-6-4-12(5-7-13)15-10-16(19(21,22)23)27-17(25-15)14(11-24-27)18(28)26-8-2-1-3-9-26/h4-7,11,15-16,25H,1-3,8-10H2. The summed E-state index contributed by atoms with van der Waals surface area (Å²) in [5.41, 5.74) is 0.669. The molecule has 2 unspecified atom stereocenters. The molecule has 4 rings (SSSR count).